The zero-order valence-electron chi connectivity index (χ0n) is 11.4. The Labute approximate surface area is 132 Å². The minimum absolute atomic E-state index is 0.0630. The number of fused-ring (bicyclic) bond motifs is 1. The van der Waals surface area contributed by atoms with Crippen LogP contribution in [0.4, 0.5) is 19.0 Å². The molecule has 2 heterocycles. The molecule has 1 amide bonds. The zero-order valence-corrected chi connectivity index (χ0v) is 12.2. The molecule has 0 aliphatic carbocycles. The molecule has 0 aliphatic heterocycles. The van der Waals surface area contributed by atoms with Gasteiger partial charge in [0, 0.05) is 17.2 Å². The second-order valence-corrected chi connectivity index (χ2v) is 5.54. The van der Waals surface area contributed by atoms with Crippen molar-refractivity contribution in [3.63, 3.8) is 0 Å². The van der Waals surface area contributed by atoms with E-state index in [4.69, 9.17) is 0 Å². The summed E-state index contributed by atoms with van der Waals surface area (Å²) in [6.07, 6.45) is 2.98. The van der Waals surface area contributed by atoms with E-state index in [1.165, 1.54) is 47.2 Å². The van der Waals surface area contributed by atoms with Gasteiger partial charge in [0.25, 0.3) is 5.91 Å². The SMILES string of the molecule is O=C(Nc1ccnc2ccnn12)c1ccccc1SC(F)(F)F. The molecule has 0 saturated heterocycles. The maximum Gasteiger partial charge on any atom is 0.446 e. The van der Waals surface area contributed by atoms with Crippen LogP contribution in [-0.2, 0) is 0 Å². The Balaban J connectivity index is 1.91. The van der Waals surface area contributed by atoms with E-state index >= 15 is 0 Å². The lowest BCUT2D eigenvalue weighted by molar-refractivity contribution is -0.0328. The molecule has 9 heteroatoms. The number of halogens is 3. The van der Waals surface area contributed by atoms with Crippen LogP contribution in [0.15, 0.2) is 53.7 Å². The smallest absolute Gasteiger partial charge is 0.306 e. The van der Waals surface area contributed by atoms with Gasteiger partial charge < -0.3 is 5.32 Å². The fourth-order valence-electron chi connectivity index (χ4n) is 1.98. The summed E-state index contributed by atoms with van der Waals surface area (Å²) in [4.78, 5) is 16.2. The summed E-state index contributed by atoms with van der Waals surface area (Å²) in [6.45, 7) is 0. The molecule has 0 aliphatic rings. The van der Waals surface area contributed by atoms with Crippen molar-refractivity contribution in [3.05, 3.63) is 54.4 Å². The lowest BCUT2D eigenvalue weighted by Gasteiger charge is -2.11. The van der Waals surface area contributed by atoms with Crippen molar-refractivity contribution in [3.8, 4) is 0 Å². The van der Waals surface area contributed by atoms with Crippen LogP contribution in [0.3, 0.4) is 0 Å². The number of anilines is 1. The Hall–Kier alpha value is -2.55. The molecule has 118 valence electrons. The summed E-state index contributed by atoms with van der Waals surface area (Å²) < 4.78 is 39.1. The van der Waals surface area contributed by atoms with E-state index in [1.807, 2.05) is 0 Å². The summed E-state index contributed by atoms with van der Waals surface area (Å²) in [5.41, 5.74) is -4.02. The summed E-state index contributed by atoms with van der Waals surface area (Å²) in [7, 11) is 0. The summed E-state index contributed by atoms with van der Waals surface area (Å²) in [5.74, 6) is -0.336. The van der Waals surface area contributed by atoms with E-state index < -0.39 is 11.4 Å². The minimum Gasteiger partial charge on any atom is -0.306 e. The normalized spacial score (nSPS) is 11.6. The molecule has 0 radical (unpaired) electrons. The van der Waals surface area contributed by atoms with Crippen molar-refractivity contribution in [2.45, 2.75) is 10.4 Å². The highest BCUT2D eigenvalue weighted by Crippen LogP contribution is 2.38. The van der Waals surface area contributed by atoms with Gasteiger partial charge in [-0.1, -0.05) is 12.1 Å². The van der Waals surface area contributed by atoms with Gasteiger partial charge >= 0.3 is 5.51 Å². The van der Waals surface area contributed by atoms with E-state index in [9.17, 15) is 18.0 Å². The average molecular weight is 338 g/mol. The third-order valence-corrected chi connectivity index (χ3v) is 3.70. The third-order valence-electron chi connectivity index (χ3n) is 2.89. The highest BCUT2D eigenvalue weighted by Gasteiger charge is 2.31. The number of rotatable bonds is 3. The van der Waals surface area contributed by atoms with Gasteiger partial charge in [-0.15, -0.1) is 0 Å². The second-order valence-electron chi connectivity index (χ2n) is 4.43. The lowest BCUT2D eigenvalue weighted by atomic mass is 10.2. The standard InChI is InChI=1S/C14H9F3N4OS/c15-14(16,17)23-10-4-2-1-3-9(10)13(22)20-12-5-7-18-11-6-8-19-21(11)12/h1-8H,(H,20,22). The maximum atomic E-state index is 12.6. The molecular formula is C14H9F3N4OS. The maximum absolute atomic E-state index is 12.6. The first-order valence-corrected chi connectivity index (χ1v) is 7.20. The molecule has 1 aromatic carbocycles. The molecule has 0 unspecified atom stereocenters. The molecule has 0 bridgehead atoms. The Morgan fingerprint density at radius 3 is 2.70 bits per heavy atom. The van der Waals surface area contributed by atoms with Crippen molar-refractivity contribution in [1.82, 2.24) is 14.6 Å². The molecule has 1 N–H and O–H groups in total. The van der Waals surface area contributed by atoms with E-state index in [-0.39, 0.29) is 22.2 Å². The van der Waals surface area contributed by atoms with Gasteiger partial charge in [0.1, 0.15) is 5.82 Å². The molecule has 0 fully saturated rings. The van der Waals surface area contributed by atoms with Crippen LogP contribution in [0.5, 0.6) is 0 Å². The van der Waals surface area contributed by atoms with Gasteiger partial charge in [-0.2, -0.15) is 22.8 Å². The number of nitrogens with zero attached hydrogens (tertiary/aromatic N) is 3. The Bertz CT molecular complexity index is 862. The molecule has 0 saturated carbocycles. The van der Waals surface area contributed by atoms with Crippen LogP contribution >= 0.6 is 11.8 Å². The Morgan fingerprint density at radius 1 is 1.13 bits per heavy atom. The first kappa shape index (κ1) is 15.3. The van der Waals surface area contributed by atoms with Crippen molar-refractivity contribution in [2.24, 2.45) is 0 Å². The number of aromatic nitrogens is 3. The predicted molar refractivity (Wildman–Crippen MR) is 79.3 cm³/mol. The fourth-order valence-corrected chi connectivity index (χ4v) is 2.65. The fraction of sp³-hybridized carbons (Fsp3) is 0.0714. The summed E-state index contributed by atoms with van der Waals surface area (Å²) in [6, 6.07) is 8.70. The van der Waals surface area contributed by atoms with Crippen molar-refractivity contribution < 1.29 is 18.0 Å². The third kappa shape index (κ3) is 3.45. The highest BCUT2D eigenvalue weighted by atomic mass is 32.2. The Morgan fingerprint density at radius 2 is 1.91 bits per heavy atom. The van der Waals surface area contributed by atoms with Crippen molar-refractivity contribution >= 4 is 29.1 Å². The molecule has 0 spiro atoms. The first-order chi connectivity index (χ1) is 10.9. The molecular weight excluding hydrogens is 329 g/mol. The largest absolute Gasteiger partial charge is 0.446 e. The average Bonchev–Trinajstić information content (AvgIpc) is 2.95. The number of hydrogen-bond acceptors (Lipinski definition) is 4. The van der Waals surface area contributed by atoms with Crippen molar-refractivity contribution in [2.75, 3.05) is 5.32 Å². The monoisotopic (exact) mass is 338 g/mol. The van der Waals surface area contributed by atoms with Gasteiger partial charge in [-0.3, -0.25) is 4.79 Å². The number of nitrogens with one attached hydrogen (secondary N) is 1. The number of hydrogen-bond donors (Lipinski definition) is 1. The van der Waals surface area contributed by atoms with Crippen molar-refractivity contribution in [1.29, 1.82) is 0 Å². The number of amides is 1. The number of alkyl halides is 3. The van der Waals surface area contributed by atoms with Gasteiger partial charge in [0.2, 0.25) is 0 Å². The molecule has 3 aromatic rings. The van der Waals surface area contributed by atoms with E-state index in [1.54, 1.807) is 6.07 Å². The predicted octanol–water partition coefficient (Wildman–Crippen LogP) is 3.59. The van der Waals surface area contributed by atoms with Gasteiger partial charge in [0.05, 0.1) is 11.8 Å². The van der Waals surface area contributed by atoms with Gasteiger partial charge in [-0.05, 0) is 30.0 Å². The first-order valence-electron chi connectivity index (χ1n) is 6.39. The van der Waals surface area contributed by atoms with Crippen LogP contribution in [0, 0.1) is 0 Å². The van der Waals surface area contributed by atoms with E-state index in [2.05, 4.69) is 15.4 Å². The second kappa shape index (κ2) is 5.92. The van der Waals surface area contributed by atoms with E-state index in [0.29, 0.717) is 11.5 Å². The van der Waals surface area contributed by atoms with Crippen LogP contribution in [-0.4, -0.2) is 26.0 Å². The quantitative estimate of drug-likeness (QED) is 0.742. The Kier molecular flexibility index (Phi) is 3.95. The van der Waals surface area contributed by atoms with Crippen LogP contribution in [0.1, 0.15) is 10.4 Å². The van der Waals surface area contributed by atoms with Crippen LogP contribution in [0.2, 0.25) is 0 Å². The molecule has 3 rings (SSSR count). The lowest BCUT2D eigenvalue weighted by Crippen LogP contribution is -2.16. The topological polar surface area (TPSA) is 59.3 Å². The summed E-state index contributed by atoms with van der Waals surface area (Å²) in [5, 5.41) is 6.56. The number of thioether (sulfide) groups is 1. The highest BCUT2D eigenvalue weighted by molar-refractivity contribution is 8.00. The molecule has 5 nitrogen and oxygen atoms in total. The van der Waals surface area contributed by atoms with E-state index in [0.717, 1.165) is 0 Å². The zero-order chi connectivity index (χ0) is 16.4. The molecule has 2 aromatic heterocycles. The number of carbonyl (C=O) groups excluding carboxylic acids is 1. The number of carbonyl (C=O) groups is 1. The van der Waals surface area contributed by atoms with Crippen LogP contribution in [0.25, 0.3) is 5.65 Å². The number of benzene rings is 1. The van der Waals surface area contributed by atoms with Crippen LogP contribution < -0.4 is 5.32 Å². The molecule has 23 heavy (non-hydrogen) atoms. The van der Waals surface area contributed by atoms with Gasteiger partial charge in [-0.25, -0.2) is 4.98 Å². The van der Waals surface area contributed by atoms with Gasteiger partial charge in [0.15, 0.2) is 5.65 Å². The summed E-state index contributed by atoms with van der Waals surface area (Å²) >= 11 is -0.324. The molecule has 0 atom stereocenters. The minimum atomic E-state index is -4.47.